The van der Waals surface area contributed by atoms with E-state index in [2.05, 4.69) is 15.5 Å². The summed E-state index contributed by atoms with van der Waals surface area (Å²) in [6.07, 6.45) is 2.12. The fourth-order valence-corrected chi connectivity index (χ4v) is 2.07. The van der Waals surface area contributed by atoms with Gasteiger partial charge in [-0.1, -0.05) is 11.2 Å². The van der Waals surface area contributed by atoms with Crippen molar-refractivity contribution in [3.63, 3.8) is 0 Å². The summed E-state index contributed by atoms with van der Waals surface area (Å²) < 4.78 is 23.5. The predicted molar refractivity (Wildman–Crippen MR) is 65.0 cm³/mol. The molecule has 6 heteroatoms. The zero-order valence-electron chi connectivity index (χ0n) is 10.3. The summed E-state index contributed by atoms with van der Waals surface area (Å²) >= 11 is 0. The number of hydrogen-bond donors (Lipinski definition) is 1. The van der Waals surface area contributed by atoms with Gasteiger partial charge in [0.25, 0.3) is 0 Å². The second kappa shape index (κ2) is 5.36. The summed E-state index contributed by atoms with van der Waals surface area (Å²) in [4.78, 5) is 4.27. The number of halogens is 1. The molecule has 100 valence electrons. The fraction of sp³-hybridized carbons (Fsp3) is 0.385. The standard InChI is InChI=1S/C13H14FN3O2/c14-9-3-1-4-10(7-9)18-8-12-16-13(19-17-12)11-5-2-6-15-11/h1,3-4,7,11,15H,2,5-6,8H2/t11-/m0/s1. The van der Waals surface area contributed by atoms with E-state index in [0.717, 1.165) is 19.4 Å². The number of aromatic nitrogens is 2. The van der Waals surface area contributed by atoms with E-state index in [1.807, 2.05) is 0 Å². The van der Waals surface area contributed by atoms with Crippen molar-refractivity contribution < 1.29 is 13.7 Å². The van der Waals surface area contributed by atoms with Gasteiger partial charge < -0.3 is 14.6 Å². The van der Waals surface area contributed by atoms with E-state index in [1.54, 1.807) is 12.1 Å². The topological polar surface area (TPSA) is 60.2 Å². The summed E-state index contributed by atoms with van der Waals surface area (Å²) in [5.74, 6) is 1.18. The van der Waals surface area contributed by atoms with Gasteiger partial charge in [-0.2, -0.15) is 4.98 Å². The van der Waals surface area contributed by atoms with Gasteiger partial charge in [0.1, 0.15) is 11.6 Å². The summed E-state index contributed by atoms with van der Waals surface area (Å²) in [7, 11) is 0. The Bertz CT molecular complexity index is 552. The van der Waals surface area contributed by atoms with Crippen LogP contribution in [0.15, 0.2) is 28.8 Å². The predicted octanol–water partition coefficient (Wildman–Crippen LogP) is 2.21. The third-order valence-corrected chi connectivity index (χ3v) is 3.01. The average molecular weight is 263 g/mol. The SMILES string of the molecule is Fc1cccc(OCc2noc([C@@H]3CCCN3)n2)c1. The van der Waals surface area contributed by atoms with Crippen LogP contribution in [-0.2, 0) is 6.61 Å². The van der Waals surface area contributed by atoms with Crippen molar-refractivity contribution in [2.75, 3.05) is 6.54 Å². The summed E-state index contributed by atoms with van der Waals surface area (Å²) in [5, 5.41) is 7.13. The highest BCUT2D eigenvalue weighted by molar-refractivity contribution is 5.22. The molecule has 1 fully saturated rings. The molecule has 1 N–H and O–H groups in total. The molecule has 1 aliphatic rings. The largest absolute Gasteiger partial charge is 0.485 e. The molecular weight excluding hydrogens is 249 g/mol. The van der Waals surface area contributed by atoms with E-state index in [-0.39, 0.29) is 18.5 Å². The minimum absolute atomic E-state index is 0.149. The molecule has 0 aliphatic carbocycles. The summed E-state index contributed by atoms with van der Waals surface area (Å²) in [6, 6.07) is 6.11. The van der Waals surface area contributed by atoms with Gasteiger partial charge in [0.05, 0.1) is 6.04 Å². The summed E-state index contributed by atoms with van der Waals surface area (Å²) in [5.41, 5.74) is 0. The van der Waals surface area contributed by atoms with Gasteiger partial charge in [0.15, 0.2) is 6.61 Å². The Morgan fingerprint density at radius 2 is 2.42 bits per heavy atom. The van der Waals surface area contributed by atoms with Crippen molar-refractivity contribution in [1.82, 2.24) is 15.5 Å². The first kappa shape index (κ1) is 12.1. The van der Waals surface area contributed by atoms with E-state index < -0.39 is 0 Å². The number of rotatable bonds is 4. The molecule has 0 unspecified atom stereocenters. The van der Waals surface area contributed by atoms with Gasteiger partial charge in [0.2, 0.25) is 11.7 Å². The van der Waals surface area contributed by atoms with E-state index >= 15 is 0 Å². The van der Waals surface area contributed by atoms with E-state index in [0.29, 0.717) is 17.5 Å². The lowest BCUT2D eigenvalue weighted by molar-refractivity contribution is 0.282. The third kappa shape index (κ3) is 2.90. The van der Waals surface area contributed by atoms with Gasteiger partial charge in [-0.05, 0) is 31.5 Å². The highest BCUT2D eigenvalue weighted by atomic mass is 19.1. The van der Waals surface area contributed by atoms with Gasteiger partial charge in [-0.25, -0.2) is 4.39 Å². The molecule has 0 amide bonds. The molecule has 5 nitrogen and oxygen atoms in total. The lowest BCUT2D eigenvalue weighted by Gasteiger charge is -2.03. The van der Waals surface area contributed by atoms with Gasteiger partial charge in [0, 0.05) is 6.07 Å². The maximum absolute atomic E-state index is 13.0. The first-order valence-corrected chi connectivity index (χ1v) is 6.25. The molecule has 2 heterocycles. The van der Waals surface area contributed by atoms with Crippen LogP contribution in [0.2, 0.25) is 0 Å². The molecule has 1 aromatic carbocycles. The van der Waals surface area contributed by atoms with Crippen LogP contribution in [0.4, 0.5) is 4.39 Å². The number of benzene rings is 1. The molecule has 19 heavy (non-hydrogen) atoms. The normalized spacial score (nSPS) is 18.7. The second-order valence-electron chi connectivity index (χ2n) is 4.44. The molecule has 3 rings (SSSR count). The number of nitrogens with zero attached hydrogens (tertiary/aromatic N) is 2. The maximum atomic E-state index is 13.0. The van der Waals surface area contributed by atoms with Gasteiger partial charge in [-0.15, -0.1) is 0 Å². The third-order valence-electron chi connectivity index (χ3n) is 3.01. The Kier molecular flexibility index (Phi) is 3.41. The Morgan fingerprint density at radius 1 is 1.47 bits per heavy atom. The molecule has 0 saturated carbocycles. The Morgan fingerprint density at radius 3 is 3.21 bits per heavy atom. The van der Waals surface area contributed by atoms with Crippen molar-refractivity contribution in [3.05, 3.63) is 41.8 Å². The van der Waals surface area contributed by atoms with Gasteiger partial charge in [-0.3, -0.25) is 0 Å². The smallest absolute Gasteiger partial charge is 0.243 e. The van der Waals surface area contributed by atoms with E-state index in [4.69, 9.17) is 9.26 Å². The zero-order chi connectivity index (χ0) is 13.1. The number of nitrogens with one attached hydrogen (secondary N) is 1. The minimum Gasteiger partial charge on any atom is -0.485 e. The van der Waals surface area contributed by atoms with Crippen LogP contribution in [0.25, 0.3) is 0 Å². The first-order valence-electron chi connectivity index (χ1n) is 6.25. The number of hydrogen-bond acceptors (Lipinski definition) is 5. The highest BCUT2D eigenvalue weighted by Crippen LogP contribution is 2.21. The molecular formula is C13H14FN3O2. The molecule has 1 aliphatic heterocycles. The second-order valence-corrected chi connectivity index (χ2v) is 4.44. The lowest BCUT2D eigenvalue weighted by atomic mass is 10.2. The molecule has 1 aromatic heterocycles. The summed E-state index contributed by atoms with van der Waals surface area (Å²) in [6.45, 7) is 1.14. The van der Waals surface area contributed by atoms with Crippen LogP contribution in [0.3, 0.4) is 0 Å². The average Bonchev–Trinajstić information content (AvgIpc) is 3.07. The van der Waals surface area contributed by atoms with Crippen molar-refractivity contribution in [2.24, 2.45) is 0 Å². The molecule has 1 atom stereocenters. The van der Waals surface area contributed by atoms with Crippen LogP contribution in [0.1, 0.15) is 30.6 Å². The maximum Gasteiger partial charge on any atom is 0.243 e. The van der Waals surface area contributed by atoms with Gasteiger partial charge >= 0.3 is 0 Å². The fourth-order valence-electron chi connectivity index (χ4n) is 2.07. The zero-order valence-corrected chi connectivity index (χ0v) is 10.3. The Balaban J connectivity index is 1.61. The van der Waals surface area contributed by atoms with E-state index in [9.17, 15) is 4.39 Å². The van der Waals surface area contributed by atoms with Crippen molar-refractivity contribution in [2.45, 2.75) is 25.5 Å². The first-order chi connectivity index (χ1) is 9.31. The highest BCUT2D eigenvalue weighted by Gasteiger charge is 2.22. The van der Waals surface area contributed by atoms with Crippen LogP contribution in [-0.4, -0.2) is 16.7 Å². The minimum atomic E-state index is -0.332. The van der Waals surface area contributed by atoms with Crippen LogP contribution < -0.4 is 10.1 Å². The molecule has 0 spiro atoms. The van der Waals surface area contributed by atoms with Crippen molar-refractivity contribution >= 4 is 0 Å². The molecule has 0 bridgehead atoms. The monoisotopic (exact) mass is 263 g/mol. The van der Waals surface area contributed by atoms with Crippen LogP contribution in [0, 0.1) is 5.82 Å². The van der Waals surface area contributed by atoms with E-state index in [1.165, 1.54) is 12.1 Å². The Labute approximate surface area is 109 Å². The molecule has 0 radical (unpaired) electrons. The molecule has 2 aromatic rings. The lowest BCUT2D eigenvalue weighted by Crippen LogP contribution is -2.13. The van der Waals surface area contributed by atoms with Crippen molar-refractivity contribution in [3.8, 4) is 5.75 Å². The quantitative estimate of drug-likeness (QED) is 0.916. The van der Waals surface area contributed by atoms with Crippen molar-refractivity contribution in [1.29, 1.82) is 0 Å². The van der Waals surface area contributed by atoms with Crippen LogP contribution >= 0.6 is 0 Å². The molecule has 1 saturated heterocycles. The van der Waals surface area contributed by atoms with Crippen LogP contribution in [0.5, 0.6) is 5.75 Å². The Hall–Kier alpha value is -1.95. The number of ether oxygens (including phenoxy) is 1.